The van der Waals surface area contributed by atoms with Crippen molar-refractivity contribution < 1.29 is 13.2 Å². The number of amides is 1. The molecule has 0 unspecified atom stereocenters. The lowest BCUT2D eigenvalue weighted by Gasteiger charge is -2.17. The van der Waals surface area contributed by atoms with Crippen LogP contribution < -0.4 is 5.32 Å². The molecule has 3 aromatic rings. The summed E-state index contributed by atoms with van der Waals surface area (Å²) in [6.07, 6.45) is 0. The Labute approximate surface area is 175 Å². The zero-order chi connectivity index (χ0) is 21.7. The molecule has 0 spiro atoms. The largest absolute Gasteiger partial charge is 0.345 e. The van der Waals surface area contributed by atoms with Gasteiger partial charge in [0, 0.05) is 18.0 Å². The Morgan fingerprint density at radius 2 is 1.93 bits per heavy atom. The van der Waals surface area contributed by atoms with Gasteiger partial charge in [-0.15, -0.1) is 0 Å². The van der Waals surface area contributed by atoms with Gasteiger partial charge in [-0.3, -0.25) is 4.79 Å². The van der Waals surface area contributed by atoms with E-state index in [4.69, 9.17) is 5.26 Å². The van der Waals surface area contributed by atoms with Gasteiger partial charge >= 0.3 is 0 Å². The van der Waals surface area contributed by atoms with E-state index in [1.807, 2.05) is 36.4 Å². The van der Waals surface area contributed by atoms with Crippen molar-refractivity contribution in [1.29, 1.82) is 5.26 Å². The van der Waals surface area contributed by atoms with Crippen LogP contribution in [0.5, 0.6) is 0 Å². The standard InChI is InChI=1S/C22H20N4O3S/c1-16-11-18-13-19(14-23)25-22(18)20(12-16)30(28,29)26(2)15-21(27)24-10-6-9-17-7-4-3-5-8-17/h3-5,7-8,11-13,25H,10,15H2,1-2H3,(H,24,27). The molecule has 8 heteroatoms. The van der Waals surface area contributed by atoms with E-state index in [0.29, 0.717) is 10.9 Å². The van der Waals surface area contributed by atoms with Crippen molar-refractivity contribution in [3.05, 3.63) is 65.4 Å². The zero-order valence-electron chi connectivity index (χ0n) is 16.6. The van der Waals surface area contributed by atoms with Crippen LogP contribution in [0.15, 0.2) is 53.4 Å². The van der Waals surface area contributed by atoms with Gasteiger partial charge in [0.2, 0.25) is 15.9 Å². The van der Waals surface area contributed by atoms with Gasteiger partial charge in [-0.25, -0.2) is 8.42 Å². The van der Waals surface area contributed by atoms with E-state index in [1.54, 1.807) is 19.1 Å². The van der Waals surface area contributed by atoms with Crippen LogP contribution in [-0.2, 0) is 14.8 Å². The van der Waals surface area contributed by atoms with Crippen molar-refractivity contribution in [2.45, 2.75) is 11.8 Å². The molecule has 2 N–H and O–H groups in total. The van der Waals surface area contributed by atoms with E-state index in [1.165, 1.54) is 13.1 Å². The van der Waals surface area contributed by atoms with Crippen molar-refractivity contribution >= 4 is 26.8 Å². The maximum atomic E-state index is 13.1. The quantitative estimate of drug-likeness (QED) is 0.617. The fourth-order valence-corrected chi connectivity index (χ4v) is 4.32. The van der Waals surface area contributed by atoms with Gasteiger partial charge in [-0.1, -0.05) is 30.0 Å². The first-order valence-electron chi connectivity index (χ1n) is 9.11. The van der Waals surface area contributed by atoms with Crippen LogP contribution in [0.3, 0.4) is 0 Å². The van der Waals surface area contributed by atoms with Crippen molar-refractivity contribution in [3.8, 4) is 17.9 Å². The number of nitrogens with one attached hydrogen (secondary N) is 2. The highest BCUT2D eigenvalue weighted by Crippen LogP contribution is 2.27. The molecular weight excluding hydrogens is 400 g/mol. The molecule has 0 saturated heterocycles. The van der Waals surface area contributed by atoms with Gasteiger partial charge in [0.1, 0.15) is 16.7 Å². The molecule has 0 aliphatic carbocycles. The minimum absolute atomic E-state index is 0.0261. The van der Waals surface area contributed by atoms with Gasteiger partial charge in [0.15, 0.2) is 0 Å². The predicted molar refractivity (Wildman–Crippen MR) is 114 cm³/mol. The second-order valence-corrected chi connectivity index (χ2v) is 8.74. The Balaban J connectivity index is 1.72. The molecule has 1 amide bonds. The fraction of sp³-hybridized carbons (Fsp3) is 0.182. The van der Waals surface area contributed by atoms with Crippen LogP contribution >= 0.6 is 0 Å². The fourth-order valence-electron chi connectivity index (χ4n) is 2.94. The lowest BCUT2D eigenvalue weighted by atomic mass is 10.2. The normalized spacial score (nSPS) is 11.0. The lowest BCUT2D eigenvalue weighted by Crippen LogP contribution is -2.38. The molecule has 0 aliphatic rings. The number of carbonyl (C=O) groups excluding carboxylic acids is 1. The molecule has 2 aromatic carbocycles. The minimum Gasteiger partial charge on any atom is -0.345 e. The van der Waals surface area contributed by atoms with E-state index >= 15 is 0 Å². The summed E-state index contributed by atoms with van der Waals surface area (Å²) in [5, 5.41) is 12.3. The van der Waals surface area contributed by atoms with Crippen molar-refractivity contribution in [2.24, 2.45) is 0 Å². The van der Waals surface area contributed by atoms with E-state index in [2.05, 4.69) is 22.1 Å². The number of likely N-dealkylation sites (N-methyl/N-ethyl adjacent to an activating group) is 1. The molecule has 30 heavy (non-hydrogen) atoms. The highest BCUT2D eigenvalue weighted by Gasteiger charge is 2.26. The number of hydrogen-bond donors (Lipinski definition) is 2. The van der Waals surface area contributed by atoms with E-state index in [0.717, 1.165) is 15.4 Å². The third-order valence-electron chi connectivity index (χ3n) is 4.39. The van der Waals surface area contributed by atoms with E-state index in [9.17, 15) is 13.2 Å². The SMILES string of the molecule is Cc1cc(S(=O)(=O)N(C)CC(=O)NCC#Cc2ccccc2)c2[nH]c(C#N)cc2c1. The lowest BCUT2D eigenvalue weighted by molar-refractivity contribution is -0.120. The average Bonchev–Trinajstić information content (AvgIpc) is 3.14. The van der Waals surface area contributed by atoms with Crippen LogP contribution in [0.4, 0.5) is 0 Å². The second kappa shape index (κ2) is 8.83. The Morgan fingerprint density at radius 3 is 2.63 bits per heavy atom. The first-order chi connectivity index (χ1) is 14.3. The molecule has 1 heterocycles. The first-order valence-corrected chi connectivity index (χ1v) is 10.6. The number of rotatable bonds is 5. The summed E-state index contributed by atoms with van der Waals surface area (Å²) in [4.78, 5) is 15.0. The number of aromatic nitrogens is 1. The summed E-state index contributed by atoms with van der Waals surface area (Å²) in [5.74, 6) is 5.29. The van der Waals surface area contributed by atoms with E-state index < -0.39 is 15.9 Å². The van der Waals surface area contributed by atoms with Crippen LogP contribution in [0.1, 0.15) is 16.8 Å². The van der Waals surface area contributed by atoms with E-state index in [-0.39, 0.29) is 23.7 Å². The Hall–Kier alpha value is -3.59. The Morgan fingerprint density at radius 1 is 1.20 bits per heavy atom. The van der Waals surface area contributed by atoms with Gasteiger partial charge in [-0.05, 0) is 42.8 Å². The number of H-pyrrole nitrogens is 1. The molecule has 0 bridgehead atoms. The predicted octanol–water partition coefficient (Wildman–Crippen LogP) is 2.14. The topological polar surface area (TPSA) is 106 Å². The number of hydrogen-bond acceptors (Lipinski definition) is 4. The summed E-state index contributed by atoms with van der Waals surface area (Å²) >= 11 is 0. The smallest absolute Gasteiger partial charge is 0.245 e. The molecule has 152 valence electrons. The molecular formula is C22H20N4O3S. The van der Waals surface area contributed by atoms with Crippen molar-refractivity contribution in [2.75, 3.05) is 20.1 Å². The van der Waals surface area contributed by atoms with Gasteiger partial charge in [0.25, 0.3) is 0 Å². The monoisotopic (exact) mass is 420 g/mol. The summed E-state index contributed by atoms with van der Waals surface area (Å²) in [7, 11) is -2.62. The molecule has 0 radical (unpaired) electrons. The zero-order valence-corrected chi connectivity index (χ0v) is 17.4. The molecule has 0 aliphatic heterocycles. The summed E-state index contributed by atoms with van der Waals surface area (Å²) in [6.45, 7) is 1.53. The minimum atomic E-state index is -3.96. The number of benzene rings is 2. The summed E-state index contributed by atoms with van der Waals surface area (Å²) < 4.78 is 27.1. The van der Waals surface area contributed by atoms with Gasteiger partial charge < -0.3 is 10.3 Å². The molecule has 0 fully saturated rings. The maximum absolute atomic E-state index is 13.1. The number of aromatic amines is 1. The third-order valence-corrected chi connectivity index (χ3v) is 6.22. The molecule has 3 rings (SSSR count). The average molecular weight is 420 g/mol. The number of aryl methyl sites for hydroxylation is 1. The highest BCUT2D eigenvalue weighted by molar-refractivity contribution is 7.89. The molecule has 7 nitrogen and oxygen atoms in total. The third kappa shape index (κ3) is 4.69. The number of nitrogens with zero attached hydrogens (tertiary/aromatic N) is 2. The second-order valence-electron chi connectivity index (χ2n) is 6.73. The van der Waals surface area contributed by atoms with Crippen LogP contribution in [0.25, 0.3) is 10.9 Å². The molecule has 0 atom stereocenters. The Bertz CT molecular complexity index is 1290. The first kappa shape index (κ1) is 21.1. The summed E-state index contributed by atoms with van der Waals surface area (Å²) in [5.41, 5.74) is 2.18. The maximum Gasteiger partial charge on any atom is 0.245 e. The number of fused-ring (bicyclic) bond motifs is 1. The van der Waals surface area contributed by atoms with Crippen LogP contribution in [0, 0.1) is 30.1 Å². The number of sulfonamides is 1. The highest BCUT2D eigenvalue weighted by atomic mass is 32.2. The van der Waals surface area contributed by atoms with Gasteiger partial charge in [0.05, 0.1) is 18.6 Å². The number of carbonyl (C=O) groups is 1. The van der Waals surface area contributed by atoms with Crippen molar-refractivity contribution in [3.63, 3.8) is 0 Å². The molecule has 1 aromatic heterocycles. The summed E-state index contributed by atoms with van der Waals surface area (Å²) in [6, 6.07) is 16.2. The van der Waals surface area contributed by atoms with Crippen molar-refractivity contribution in [1.82, 2.24) is 14.6 Å². The van der Waals surface area contributed by atoms with Gasteiger partial charge in [-0.2, -0.15) is 9.57 Å². The Kier molecular flexibility index (Phi) is 6.22. The molecule has 0 saturated carbocycles. The van der Waals surface area contributed by atoms with Crippen LogP contribution in [-0.4, -0.2) is 43.8 Å². The van der Waals surface area contributed by atoms with Crippen LogP contribution in [0.2, 0.25) is 0 Å². The number of nitriles is 1.